The molecule has 1 amide bonds. The molecule has 170 valence electrons. The van der Waals surface area contributed by atoms with Crippen molar-refractivity contribution in [3.63, 3.8) is 0 Å². The van der Waals surface area contributed by atoms with E-state index in [-0.39, 0.29) is 22.5 Å². The molecule has 0 aliphatic heterocycles. The summed E-state index contributed by atoms with van der Waals surface area (Å²) in [4.78, 5) is 20.1. The van der Waals surface area contributed by atoms with E-state index in [0.717, 1.165) is 5.56 Å². The van der Waals surface area contributed by atoms with E-state index in [4.69, 9.17) is 21.4 Å². The molecule has 0 aliphatic carbocycles. The van der Waals surface area contributed by atoms with Gasteiger partial charge in [-0.2, -0.15) is 0 Å². The molecule has 0 saturated carbocycles. The fourth-order valence-electron chi connectivity index (χ4n) is 3.23. The Bertz CT molecular complexity index is 1220. The number of aliphatic hydroxyl groups excluding tert-OH is 1. The first-order chi connectivity index (χ1) is 15.2. The van der Waals surface area contributed by atoms with E-state index in [2.05, 4.69) is 15.3 Å². The quantitative estimate of drug-likeness (QED) is 0.456. The monoisotopic (exact) mass is 477 g/mol. The number of hydrogen-bond donors (Lipinski definition) is 3. The molecule has 1 atom stereocenters. The number of aryl methyl sites for hydroxylation is 1. The average Bonchev–Trinajstić information content (AvgIpc) is 3.13. The first-order valence-corrected chi connectivity index (χ1v) is 11.8. The van der Waals surface area contributed by atoms with Gasteiger partial charge < -0.3 is 14.8 Å². The van der Waals surface area contributed by atoms with Crippen molar-refractivity contribution < 1.29 is 23.1 Å². The molecule has 3 aromatic rings. The zero-order valence-electron chi connectivity index (χ0n) is 17.8. The van der Waals surface area contributed by atoms with Gasteiger partial charge in [0.25, 0.3) is 0 Å². The SMILES string of the molecule is COc1ccc(-c2nc(NC(=O)[C@@H](C)c3ccc(Cl)cc3)[nH]c2C)cc1S(=O)(=O)CCO. The highest BCUT2D eigenvalue weighted by atomic mass is 35.5. The smallest absolute Gasteiger partial charge is 0.233 e. The maximum absolute atomic E-state index is 12.7. The highest BCUT2D eigenvalue weighted by molar-refractivity contribution is 7.91. The van der Waals surface area contributed by atoms with Crippen LogP contribution in [0.1, 0.15) is 24.1 Å². The number of ether oxygens (including phenoxy) is 1. The number of aromatic amines is 1. The second kappa shape index (κ2) is 9.72. The van der Waals surface area contributed by atoms with Crippen molar-refractivity contribution in [3.05, 3.63) is 58.7 Å². The summed E-state index contributed by atoms with van der Waals surface area (Å²) in [5, 5.41) is 12.5. The number of carbonyl (C=O) groups is 1. The van der Waals surface area contributed by atoms with Gasteiger partial charge in [-0.1, -0.05) is 23.7 Å². The van der Waals surface area contributed by atoms with Crippen LogP contribution in [-0.2, 0) is 14.6 Å². The molecule has 1 heterocycles. The van der Waals surface area contributed by atoms with Gasteiger partial charge in [0.05, 0.1) is 31.1 Å². The van der Waals surface area contributed by atoms with Crippen molar-refractivity contribution in [2.24, 2.45) is 0 Å². The van der Waals surface area contributed by atoms with Crippen LogP contribution in [0.15, 0.2) is 47.4 Å². The number of nitrogens with zero attached hydrogens (tertiary/aromatic N) is 1. The predicted molar refractivity (Wildman–Crippen MR) is 123 cm³/mol. The van der Waals surface area contributed by atoms with Gasteiger partial charge in [-0.25, -0.2) is 13.4 Å². The van der Waals surface area contributed by atoms with Crippen LogP contribution in [0.2, 0.25) is 5.02 Å². The van der Waals surface area contributed by atoms with Crippen molar-refractivity contribution >= 4 is 33.3 Å². The number of aromatic nitrogens is 2. The lowest BCUT2D eigenvalue weighted by atomic mass is 10.0. The molecule has 0 aliphatic rings. The number of rotatable bonds is 8. The first kappa shape index (κ1) is 23.8. The Morgan fingerprint density at radius 1 is 1.25 bits per heavy atom. The molecule has 0 bridgehead atoms. The minimum Gasteiger partial charge on any atom is -0.495 e. The van der Waals surface area contributed by atoms with E-state index in [1.165, 1.54) is 19.2 Å². The van der Waals surface area contributed by atoms with E-state index >= 15 is 0 Å². The fraction of sp³-hybridized carbons (Fsp3) is 0.273. The van der Waals surface area contributed by atoms with Gasteiger partial charge >= 0.3 is 0 Å². The lowest BCUT2D eigenvalue weighted by Crippen LogP contribution is -2.19. The van der Waals surface area contributed by atoms with E-state index in [1.807, 2.05) is 0 Å². The fourth-order valence-corrected chi connectivity index (χ4v) is 4.58. The summed E-state index contributed by atoms with van der Waals surface area (Å²) >= 11 is 5.91. The molecular formula is C22H24ClN3O5S. The number of H-pyrrole nitrogens is 1. The van der Waals surface area contributed by atoms with Crippen molar-refractivity contribution in [3.8, 4) is 17.0 Å². The number of anilines is 1. The molecule has 0 unspecified atom stereocenters. The molecule has 0 radical (unpaired) electrons. The van der Waals surface area contributed by atoms with E-state index in [0.29, 0.717) is 22.0 Å². The van der Waals surface area contributed by atoms with Crippen molar-refractivity contribution in [2.45, 2.75) is 24.7 Å². The van der Waals surface area contributed by atoms with E-state index in [9.17, 15) is 13.2 Å². The van der Waals surface area contributed by atoms with Crippen LogP contribution in [0, 0.1) is 6.92 Å². The van der Waals surface area contributed by atoms with Gasteiger partial charge in [0.1, 0.15) is 10.6 Å². The largest absolute Gasteiger partial charge is 0.495 e. The zero-order valence-corrected chi connectivity index (χ0v) is 19.4. The molecule has 2 aromatic carbocycles. The van der Waals surface area contributed by atoms with Crippen molar-refractivity contribution in [1.29, 1.82) is 0 Å². The van der Waals surface area contributed by atoms with E-state index in [1.54, 1.807) is 44.2 Å². The summed E-state index contributed by atoms with van der Waals surface area (Å²) in [6, 6.07) is 11.7. The summed E-state index contributed by atoms with van der Waals surface area (Å²) in [6.07, 6.45) is 0. The number of carbonyl (C=O) groups excluding carboxylic acids is 1. The summed E-state index contributed by atoms with van der Waals surface area (Å²) < 4.78 is 30.2. The molecule has 1 aromatic heterocycles. The summed E-state index contributed by atoms with van der Waals surface area (Å²) in [5.74, 6) is -0.679. The molecular weight excluding hydrogens is 454 g/mol. The topological polar surface area (TPSA) is 121 Å². The summed E-state index contributed by atoms with van der Waals surface area (Å²) in [7, 11) is -2.37. The second-order valence-electron chi connectivity index (χ2n) is 7.23. The van der Waals surface area contributed by atoms with Gasteiger partial charge in [0.2, 0.25) is 11.9 Å². The van der Waals surface area contributed by atoms with Gasteiger partial charge in [-0.15, -0.1) is 0 Å². The normalized spacial score (nSPS) is 12.4. The molecule has 32 heavy (non-hydrogen) atoms. The van der Waals surface area contributed by atoms with Crippen LogP contribution in [0.4, 0.5) is 5.95 Å². The van der Waals surface area contributed by atoms with Gasteiger partial charge in [0.15, 0.2) is 9.84 Å². The standard InChI is InChI=1S/C22H24ClN3O5S/c1-13(15-4-7-17(23)8-5-15)21(28)26-22-24-14(2)20(25-22)16-6-9-18(31-3)19(12-16)32(29,30)11-10-27/h4-9,12-13,27H,10-11H2,1-3H3,(H2,24,25,26,28)/t13-/m0/s1. The Balaban J connectivity index is 1.88. The average molecular weight is 478 g/mol. The number of amides is 1. The third kappa shape index (κ3) is 5.12. The molecule has 3 rings (SSSR count). The minimum atomic E-state index is -3.75. The maximum atomic E-state index is 12.7. The lowest BCUT2D eigenvalue weighted by molar-refractivity contribution is -0.117. The van der Waals surface area contributed by atoms with Crippen LogP contribution in [0.25, 0.3) is 11.3 Å². The van der Waals surface area contributed by atoms with Gasteiger partial charge in [0, 0.05) is 16.3 Å². The van der Waals surface area contributed by atoms with Crippen LogP contribution >= 0.6 is 11.6 Å². The Kier molecular flexibility index (Phi) is 7.22. The van der Waals surface area contributed by atoms with Crippen LogP contribution in [-0.4, -0.2) is 48.9 Å². The van der Waals surface area contributed by atoms with Crippen molar-refractivity contribution in [1.82, 2.24) is 9.97 Å². The third-order valence-corrected chi connectivity index (χ3v) is 6.98. The summed E-state index contributed by atoms with van der Waals surface area (Å²) in [6.45, 7) is 3.04. The zero-order chi connectivity index (χ0) is 23.5. The Morgan fingerprint density at radius 2 is 1.94 bits per heavy atom. The second-order valence-corrected chi connectivity index (χ2v) is 9.74. The van der Waals surface area contributed by atoms with Crippen LogP contribution < -0.4 is 10.1 Å². The number of sulfone groups is 1. The highest BCUT2D eigenvalue weighted by Crippen LogP contribution is 2.32. The number of imidazole rings is 1. The predicted octanol–water partition coefficient (Wildman–Crippen LogP) is 3.56. The number of benzene rings is 2. The van der Waals surface area contributed by atoms with Gasteiger partial charge in [-0.3, -0.25) is 10.1 Å². The van der Waals surface area contributed by atoms with E-state index < -0.39 is 28.1 Å². The molecule has 10 heteroatoms. The Morgan fingerprint density at radius 3 is 2.56 bits per heavy atom. The lowest BCUT2D eigenvalue weighted by Gasteiger charge is -2.11. The molecule has 0 spiro atoms. The van der Waals surface area contributed by atoms with Gasteiger partial charge in [-0.05, 0) is 49.7 Å². The molecule has 3 N–H and O–H groups in total. The van der Waals surface area contributed by atoms with Crippen LogP contribution in [0.5, 0.6) is 5.75 Å². The number of halogens is 1. The first-order valence-electron chi connectivity index (χ1n) is 9.81. The highest BCUT2D eigenvalue weighted by Gasteiger charge is 2.22. The number of methoxy groups -OCH3 is 1. The Labute approximate surface area is 191 Å². The molecule has 0 saturated heterocycles. The minimum absolute atomic E-state index is 0.0316. The molecule has 0 fully saturated rings. The summed E-state index contributed by atoms with van der Waals surface area (Å²) in [5.41, 5.74) is 2.48. The Hall–Kier alpha value is -2.88. The number of nitrogens with one attached hydrogen (secondary N) is 2. The number of hydrogen-bond acceptors (Lipinski definition) is 6. The molecule has 8 nitrogen and oxygen atoms in total. The van der Waals surface area contributed by atoms with Crippen LogP contribution in [0.3, 0.4) is 0 Å². The maximum Gasteiger partial charge on any atom is 0.233 e. The third-order valence-electron chi connectivity index (χ3n) is 5.02. The number of aliphatic hydroxyl groups is 1. The van der Waals surface area contributed by atoms with Crippen molar-refractivity contribution in [2.75, 3.05) is 24.8 Å².